The minimum atomic E-state index is -1.29. The highest BCUT2D eigenvalue weighted by molar-refractivity contribution is 9.12. The first-order valence-electron chi connectivity index (χ1n) is 11.3. The zero-order chi connectivity index (χ0) is 37.5. The molecule has 250 valence electrons. The summed E-state index contributed by atoms with van der Waals surface area (Å²) in [6.45, 7) is 17.1. The van der Waals surface area contributed by atoms with Gasteiger partial charge < -0.3 is 30.6 Å². The van der Waals surface area contributed by atoms with E-state index < -0.39 is 35.8 Å². The predicted molar refractivity (Wildman–Crippen MR) is 163 cm³/mol. The maximum atomic E-state index is 10.2. The topological polar surface area (TPSA) is 292 Å². The van der Waals surface area contributed by atoms with Crippen LogP contribution in [0, 0.1) is 0 Å². The normalized spacial score (nSPS) is 9.07. The van der Waals surface area contributed by atoms with Crippen molar-refractivity contribution in [2.24, 2.45) is 0 Å². The Bertz CT molecular complexity index is 1140. The van der Waals surface area contributed by atoms with Crippen LogP contribution < -0.4 is 0 Å². The third-order valence-electron chi connectivity index (χ3n) is 2.94. The third-order valence-corrected chi connectivity index (χ3v) is 3.50. The number of allylic oxidation sites excluding steroid dienone is 3. The van der Waals surface area contributed by atoms with Crippen molar-refractivity contribution >= 4 is 74.9 Å². The van der Waals surface area contributed by atoms with Crippen molar-refractivity contribution in [3.63, 3.8) is 0 Å². The highest BCUT2D eigenvalue weighted by Gasteiger charge is 2.05. The molecular weight excluding hydrogens is 672 g/mol. The number of ketones is 4. The molecule has 0 saturated heterocycles. The molecule has 0 heterocycles. The van der Waals surface area contributed by atoms with Gasteiger partial charge in [-0.15, -0.1) is 0 Å². The number of carbonyl (C=O) groups is 10. The molecule has 17 heteroatoms. The van der Waals surface area contributed by atoms with Crippen LogP contribution in [-0.2, 0) is 47.9 Å². The minimum absolute atomic E-state index is 0.0185. The van der Waals surface area contributed by atoms with Crippen molar-refractivity contribution < 1.29 is 78.6 Å². The Balaban J connectivity index is -0.000000102. The number of carboxylic acids is 6. The summed E-state index contributed by atoms with van der Waals surface area (Å²) in [5.74, 6) is -7.65. The summed E-state index contributed by atoms with van der Waals surface area (Å²) in [4.78, 5) is 98.3. The van der Waals surface area contributed by atoms with Gasteiger partial charge in [0.25, 0.3) is 0 Å². The SMILES string of the molecule is C=C(C)C(C)=O.C=C(CC(C)=O)C(=O)O.C=CC(C)=O.CC(=O)/C=C\C(=O)O.O=C(O)/C=C(/Br)C(=O)O.O=C(O)/C=C/C(=O)O. The van der Waals surface area contributed by atoms with Gasteiger partial charge in [0, 0.05) is 36.3 Å². The number of halogens is 1. The highest BCUT2D eigenvalue weighted by atomic mass is 79.9. The second kappa shape index (κ2) is 32.9. The van der Waals surface area contributed by atoms with Crippen molar-refractivity contribution in [2.75, 3.05) is 0 Å². The molecule has 0 aromatic rings. The van der Waals surface area contributed by atoms with E-state index in [1.807, 2.05) is 0 Å². The summed E-state index contributed by atoms with van der Waals surface area (Å²) in [5.41, 5.74) is 0.567. The average molecular weight is 707 g/mol. The molecule has 0 amide bonds. The number of carbonyl (C=O) groups excluding carboxylic acids is 4. The van der Waals surface area contributed by atoms with Crippen LogP contribution in [0.5, 0.6) is 0 Å². The van der Waals surface area contributed by atoms with E-state index in [2.05, 4.69) is 35.7 Å². The van der Waals surface area contributed by atoms with Gasteiger partial charge in [0.1, 0.15) is 10.3 Å². The maximum absolute atomic E-state index is 10.2. The van der Waals surface area contributed by atoms with Crippen molar-refractivity contribution in [2.45, 2.75) is 41.0 Å². The fourth-order valence-electron chi connectivity index (χ4n) is 0.877. The maximum Gasteiger partial charge on any atom is 0.343 e. The van der Waals surface area contributed by atoms with Crippen LogP contribution in [0.3, 0.4) is 0 Å². The first kappa shape index (κ1) is 52.1. The Kier molecular flexibility index (Phi) is 38.1. The van der Waals surface area contributed by atoms with Crippen molar-refractivity contribution in [1.82, 2.24) is 0 Å². The van der Waals surface area contributed by atoms with Crippen LogP contribution in [0.1, 0.15) is 41.0 Å². The van der Waals surface area contributed by atoms with Crippen molar-refractivity contribution in [1.29, 1.82) is 0 Å². The van der Waals surface area contributed by atoms with Gasteiger partial charge in [0.15, 0.2) is 17.3 Å². The monoisotopic (exact) mass is 706 g/mol. The number of carboxylic acid groups (broad SMARTS) is 6. The van der Waals surface area contributed by atoms with E-state index in [4.69, 9.17) is 30.6 Å². The molecule has 0 unspecified atom stereocenters. The first-order valence-corrected chi connectivity index (χ1v) is 12.1. The third kappa shape index (κ3) is 73.0. The average Bonchev–Trinajstić information content (AvgIpc) is 2.87. The molecule has 0 aliphatic rings. The Morgan fingerprint density at radius 2 is 0.889 bits per heavy atom. The quantitative estimate of drug-likeness (QED) is 0.168. The summed E-state index contributed by atoms with van der Waals surface area (Å²) in [5, 5.41) is 47.7. The summed E-state index contributed by atoms with van der Waals surface area (Å²) < 4.78 is -0.366. The van der Waals surface area contributed by atoms with Crippen molar-refractivity contribution in [3.05, 3.63) is 71.8 Å². The van der Waals surface area contributed by atoms with E-state index in [-0.39, 0.29) is 39.6 Å². The summed E-state index contributed by atoms with van der Waals surface area (Å²) >= 11 is 2.52. The smallest absolute Gasteiger partial charge is 0.343 e. The van der Waals surface area contributed by atoms with Crippen LogP contribution in [0.4, 0.5) is 0 Å². The molecule has 6 N–H and O–H groups in total. The lowest BCUT2D eigenvalue weighted by atomic mass is 10.2. The molecule has 0 saturated carbocycles. The van der Waals surface area contributed by atoms with E-state index in [1.54, 1.807) is 6.92 Å². The summed E-state index contributed by atoms with van der Waals surface area (Å²) in [7, 11) is 0. The van der Waals surface area contributed by atoms with Gasteiger partial charge >= 0.3 is 35.8 Å². The number of hydrogen-bond donors (Lipinski definition) is 6. The standard InChI is InChI=1S/C6H8O3.C5H6O3.C5H8O.C4H3BrO4.C4H4O4.C4H6O/c1-4(6(8)9)3-5(2)7;1-4(6)2-3-5(7)8;1-4(2)5(3)6;5-2(4(8)9)1-3(6)7;5-3(6)1-2-4(7)8;1-3-4(2)5/h1,3H2,2H3,(H,8,9);2-3H,1H3,(H,7,8);1H2,2-3H3;1H,(H,6,7)(H,8,9);1-2H,(H,5,6)(H,7,8);3H,1H2,2H3/b;3-2-;;2*2-1+;. The van der Waals surface area contributed by atoms with Crippen LogP contribution in [0.2, 0.25) is 0 Å². The zero-order valence-electron chi connectivity index (χ0n) is 24.9. The van der Waals surface area contributed by atoms with E-state index in [9.17, 15) is 47.9 Å². The Hall–Kier alpha value is -5.58. The largest absolute Gasteiger partial charge is 0.478 e. The number of rotatable bonds is 11. The van der Waals surface area contributed by atoms with E-state index in [1.165, 1.54) is 33.8 Å². The molecule has 0 radical (unpaired) electrons. The van der Waals surface area contributed by atoms with Crippen LogP contribution >= 0.6 is 15.9 Å². The summed E-state index contributed by atoms with van der Waals surface area (Å²) in [6.07, 6.45) is 4.70. The molecule has 0 aliphatic carbocycles. The Labute approximate surface area is 266 Å². The van der Waals surface area contributed by atoms with Crippen LogP contribution in [-0.4, -0.2) is 89.6 Å². The van der Waals surface area contributed by atoms with Crippen LogP contribution in [0.15, 0.2) is 71.8 Å². The van der Waals surface area contributed by atoms with Crippen LogP contribution in [0.25, 0.3) is 0 Å². The lowest BCUT2D eigenvalue weighted by Gasteiger charge is -1.92. The molecule has 0 bridgehead atoms. The Morgan fingerprint density at radius 3 is 0.978 bits per heavy atom. The molecular formula is C28H35BrO16. The number of aliphatic carboxylic acids is 6. The molecule has 0 spiro atoms. The predicted octanol–water partition coefficient (Wildman–Crippen LogP) is 2.88. The molecule has 45 heavy (non-hydrogen) atoms. The Morgan fingerprint density at radius 1 is 0.578 bits per heavy atom. The molecule has 0 atom stereocenters. The van der Waals surface area contributed by atoms with Gasteiger partial charge in [-0.3, -0.25) is 19.2 Å². The molecule has 0 aromatic carbocycles. The van der Waals surface area contributed by atoms with E-state index >= 15 is 0 Å². The molecule has 0 fully saturated rings. The second-order valence-corrected chi connectivity index (χ2v) is 8.22. The van der Waals surface area contributed by atoms with Gasteiger partial charge in [0.05, 0.1) is 0 Å². The van der Waals surface area contributed by atoms with E-state index in [0.717, 1.165) is 12.2 Å². The second-order valence-electron chi connectivity index (χ2n) is 7.37. The van der Waals surface area contributed by atoms with Gasteiger partial charge in [-0.05, 0) is 68.3 Å². The van der Waals surface area contributed by atoms with E-state index in [0.29, 0.717) is 23.8 Å². The van der Waals surface area contributed by atoms with Gasteiger partial charge in [-0.1, -0.05) is 19.7 Å². The number of Topliss-reactive ketones (excluding diaryl/α,β-unsaturated/α-hetero) is 2. The zero-order valence-corrected chi connectivity index (χ0v) is 26.5. The molecule has 16 nitrogen and oxygen atoms in total. The molecule has 0 rings (SSSR count). The number of hydrogen-bond acceptors (Lipinski definition) is 10. The molecule has 0 aliphatic heterocycles. The van der Waals surface area contributed by atoms with Crippen molar-refractivity contribution in [3.8, 4) is 0 Å². The highest BCUT2D eigenvalue weighted by Crippen LogP contribution is 2.02. The minimum Gasteiger partial charge on any atom is -0.478 e. The fourth-order valence-corrected chi connectivity index (χ4v) is 1.07. The fraction of sp³-hybridized carbons (Fsp3) is 0.214. The van der Waals surface area contributed by atoms with Gasteiger partial charge in [-0.25, -0.2) is 28.8 Å². The molecule has 0 aromatic heterocycles. The summed E-state index contributed by atoms with van der Waals surface area (Å²) in [6, 6.07) is 0. The van der Waals surface area contributed by atoms with Gasteiger partial charge in [0.2, 0.25) is 0 Å². The first-order chi connectivity index (χ1) is 20.2. The lowest BCUT2D eigenvalue weighted by molar-refractivity contribution is -0.134. The van der Waals surface area contributed by atoms with Gasteiger partial charge in [-0.2, -0.15) is 0 Å². The lowest BCUT2D eigenvalue weighted by Crippen LogP contribution is -2.02.